The van der Waals surface area contributed by atoms with Crippen LogP contribution in [0.5, 0.6) is 0 Å². The Morgan fingerprint density at radius 3 is 2.94 bits per heavy atom. The Kier molecular flexibility index (Phi) is 3.06. The van der Waals surface area contributed by atoms with Crippen molar-refractivity contribution in [3.05, 3.63) is 29.3 Å². The van der Waals surface area contributed by atoms with E-state index < -0.39 is 15.9 Å². The number of fused-ring (bicyclic) bond motifs is 1. The first kappa shape index (κ1) is 11.9. The molecule has 1 aliphatic rings. The SMILES string of the molecule is CCS(=O)(=O)NC(=O)c1ccc2c(c1)NCC2. The Morgan fingerprint density at radius 1 is 1.47 bits per heavy atom. The molecule has 0 saturated heterocycles. The molecule has 0 fully saturated rings. The maximum Gasteiger partial charge on any atom is 0.264 e. The van der Waals surface area contributed by atoms with Crippen molar-refractivity contribution < 1.29 is 13.2 Å². The summed E-state index contributed by atoms with van der Waals surface area (Å²) in [5.74, 6) is -0.689. The average Bonchev–Trinajstić information content (AvgIpc) is 2.75. The number of hydrogen-bond acceptors (Lipinski definition) is 4. The topological polar surface area (TPSA) is 75.3 Å². The molecule has 0 radical (unpaired) electrons. The predicted molar refractivity (Wildman–Crippen MR) is 65.6 cm³/mol. The Hall–Kier alpha value is -1.56. The van der Waals surface area contributed by atoms with Crippen LogP contribution < -0.4 is 10.0 Å². The molecule has 1 heterocycles. The normalized spacial score (nSPS) is 13.9. The van der Waals surface area contributed by atoms with Gasteiger partial charge >= 0.3 is 0 Å². The second kappa shape index (κ2) is 4.37. The molecule has 5 nitrogen and oxygen atoms in total. The zero-order valence-electron chi connectivity index (χ0n) is 9.49. The zero-order chi connectivity index (χ0) is 12.5. The van der Waals surface area contributed by atoms with E-state index in [4.69, 9.17) is 0 Å². The summed E-state index contributed by atoms with van der Waals surface area (Å²) in [4.78, 5) is 11.7. The molecule has 0 atom stereocenters. The van der Waals surface area contributed by atoms with Crippen LogP contribution in [-0.4, -0.2) is 26.6 Å². The number of carbonyl (C=O) groups excluding carboxylic acids is 1. The van der Waals surface area contributed by atoms with E-state index in [1.54, 1.807) is 12.1 Å². The lowest BCUT2D eigenvalue weighted by atomic mass is 10.1. The molecular weight excluding hydrogens is 240 g/mol. The lowest BCUT2D eigenvalue weighted by Crippen LogP contribution is -2.31. The van der Waals surface area contributed by atoms with Crippen molar-refractivity contribution in [2.75, 3.05) is 17.6 Å². The maximum atomic E-state index is 11.7. The van der Waals surface area contributed by atoms with Crippen LogP contribution in [0, 0.1) is 0 Å². The molecule has 6 heteroatoms. The van der Waals surface area contributed by atoms with Crippen LogP contribution in [0.15, 0.2) is 18.2 Å². The molecule has 1 amide bonds. The second-order valence-electron chi connectivity index (χ2n) is 3.88. The third-order valence-corrected chi connectivity index (χ3v) is 3.97. The van der Waals surface area contributed by atoms with Crippen LogP contribution in [0.1, 0.15) is 22.8 Å². The number of carbonyl (C=O) groups is 1. The Labute approximate surface area is 100 Å². The zero-order valence-corrected chi connectivity index (χ0v) is 10.3. The van der Waals surface area contributed by atoms with Crippen LogP contribution >= 0.6 is 0 Å². The second-order valence-corrected chi connectivity index (χ2v) is 5.89. The molecule has 1 aromatic carbocycles. The van der Waals surface area contributed by atoms with E-state index in [-0.39, 0.29) is 5.75 Å². The number of hydrogen-bond donors (Lipinski definition) is 2. The Balaban J connectivity index is 2.21. The molecular formula is C11H14N2O3S. The summed E-state index contributed by atoms with van der Waals surface area (Å²) in [5, 5.41) is 3.14. The molecule has 0 aliphatic carbocycles. The highest BCUT2D eigenvalue weighted by molar-refractivity contribution is 7.90. The van der Waals surface area contributed by atoms with Crippen LogP contribution in [0.2, 0.25) is 0 Å². The van der Waals surface area contributed by atoms with E-state index in [9.17, 15) is 13.2 Å². The van der Waals surface area contributed by atoms with Gasteiger partial charge in [-0.1, -0.05) is 6.07 Å². The van der Waals surface area contributed by atoms with Gasteiger partial charge in [0, 0.05) is 17.8 Å². The first-order valence-electron chi connectivity index (χ1n) is 5.43. The quantitative estimate of drug-likeness (QED) is 0.834. The molecule has 2 N–H and O–H groups in total. The van der Waals surface area contributed by atoms with Gasteiger partial charge in [0.2, 0.25) is 10.0 Å². The average molecular weight is 254 g/mol. The molecule has 17 heavy (non-hydrogen) atoms. The number of amides is 1. The number of nitrogens with one attached hydrogen (secondary N) is 2. The number of rotatable bonds is 3. The van der Waals surface area contributed by atoms with Crippen molar-refractivity contribution in [1.29, 1.82) is 0 Å². The fraction of sp³-hybridized carbons (Fsp3) is 0.364. The third-order valence-electron chi connectivity index (χ3n) is 2.71. The fourth-order valence-electron chi connectivity index (χ4n) is 1.70. The monoisotopic (exact) mass is 254 g/mol. The van der Waals surface area contributed by atoms with E-state index in [2.05, 4.69) is 5.32 Å². The van der Waals surface area contributed by atoms with Gasteiger partial charge in [-0.25, -0.2) is 13.1 Å². The number of benzene rings is 1. The lowest BCUT2D eigenvalue weighted by molar-refractivity contribution is 0.0981. The number of anilines is 1. The van der Waals surface area contributed by atoms with Crippen molar-refractivity contribution in [3.8, 4) is 0 Å². The van der Waals surface area contributed by atoms with Gasteiger partial charge in [0.15, 0.2) is 0 Å². The summed E-state index contributed by atoms with van der Waals surface area (Å²) < 4.78 is 24.6. The highest BCUT2D eigenvalue weighted by Gasteiger charge is 2.16. The van der Waals surface area contributed by atoms with Crippen molar-refractivity contribution in [2.24, 2.45) is 0 Å². The summed E-state index contributed by atoms with van der Waals surface area (Å²) in [6, 6.07) is 5.18. The largest absolute Gasteiger partial charge is 0.384 e. The van der Waals surface area contributed by atoms with Crippen molar-refractivity contribution >= 4 is 21.6 Å². The molecule has 2 rings (SSSR count). The molecule has 0 saturated carbocycles. The fourth-order valence-corrected chi connectivity index (χ4v) is 2.25. The van der Waals surface area contributed by atoms with Gasteiger partial charge in [-0.3, -0.25) is 4.79 Å². The van der Waals surface area contributed by atoms with Crippen molar-refractivity contribution in [3.63, 3.8) is 0 Å². The summed E-state index contributed by atoms with van der Waals surface area (Å²) >= 11 is 0. The van der Waals surface area contributed by atoms with Gasteiger partial charge in [0.05, 0.1) is 5.75 Å². The molecule has 1 aromatic rings. The smallest absolute Gasteiger partial charge is 0.264 e. The first-order chi connectivity index (χ1) is 8.02. The molecule has 1 aliphatic heterocycles. The molecule has 0 bridgehead atoms. The Morgan fingerprint density at radius 2 is 2.24 bits per heavy atom. The summed E-state index contributed by atoms with van der Waals surface area (Å²) in [6.07, 6.45) is 0.935. The minimum Gasteiger partial charge on any atom is -0.384 e. The molecule has 0 unspecified atom stereocenters. The maximum absolute atomic E-state index is 11.7. The summed E-state index contributed by atoms with van der Waals surface area (Å²) in [7, 11) is -3.50. The van der Waals surface area contributed by atoms with E-state index in [0.29, 0.717) is 5.56 Å². The van der Waals surface area contributed by atoms with Gasteiger partial charge in [0.1, 0.15) is 0 Å². The first-order valence-corrected chi connectivity index (χ1v) is 7.08. The third kappa shape index (κ3) is 2.58. The minimum atomic E-state index is -3.50. The van der Waals surface area contributed by atoms with Gasteiger partial charge in [0.25, 0.3) is 5.91 Å². The van der Waals surface area contributed by atoms with E-state index >= 15 is 0 Å². The van der Waals surface area contributed by atoms with Gasteiger partial charge in [-0.2, -0.15) is 0 Å². The van der Waals surface area contributed by atoms with Crippen LogP contribution in [-0.2, 0) is 16.4 Å². The minimum absolute atomic E-state index is 0.109. The van der Waals surface area contributed by atoms with Gasteiger partial charge in [-0.15, -0.1) is 0 Å². The summed E-state index contributed by atoms with van der Waals surface area (Å²) in [6.45, 7) is 2.34. The van der Waals surface area contributed by atoms with Crippen LogP contribution in [0.25, 0.3) is 0 Å². The molecule has 0 aromatic heterocycles. The van der Waals surface area contributed by atoms with E-state index in [1.165, 1.54) is 6.92 Å². The highest BCUT2D eigenvalue weighted by Crippen LogP contribution is 2.23. The van der Waals surface area contributed by atoms with Crippen molar-refractivity contribution in [1.82, 2.24) is 4.72 Å². The highest BCUT2D eigenvalue weighted by atomic mass is 32.2. The number of sulfonamides is 1. The van der Waals surface area contributed by atoms with Crippen LogP contribution in [0.4, 0.5) is 5.69 Å². The van der Waals surface area contributed by atoms with Crippen LogP contribution in [0.3, 0.4) is 0 Å². The van der Waals surface area contributed by atoms with Gasteiger partial charge < -0.3 is 5.32 Å². The summed E-state index contributed by atoms with van der Waals surface area (Å²) in [5.41, 5.74) is 2.42. The lowest BCUT2D eigenvalue weighted by Gasteiger charge is -2.06. The Bertz CT molecular complexity index is 552. The molecule has 92 valence electrons. The van der Waals surface area contributed by atoms with Crippen molar-refractivity contribution in [2.45, 2.75) is 13.3 Å². The van der Waals surface area contributed by atoms with E-state index in [0.717, 1.165) is 24.2 Å². The van der Waals surface area contributed by atoms with Gasteiger partial charge in [-0.05, 0) is 31.0 Å². The predicted octanol–water partition coefficient (Wildman–Crippen LogP) is 0.734. The standard InChI is InChI=1S/C11H14N2O3S/c1-2-17(15,16)13-11(14)9-4-3-8-5-6-12-10(8)7-9/h3-4,7,12H,2,5-6H2,1H3,(H,13,14). The molecule has 0 spiro atoms. The van der Waals surface area contributed by atoms with E-state index in [1.807, 2.05) is 10.8 Å².